The number of hydrazine groups is 1. The van der Waals surface area contributed by atoms with Crippen molar-refractivity contribution >= 4 is 23.7 Å². The van der Waals surface area contributed by atoms with Crippen molar-refractivity contribution in [1.82, 2.24) is 21.1 Å². The average molecular weight is 411 g/mol. The first-order valence-corrected chi connectivity index (χ1v) is 10.2. The summed E-state index contributed by atoms with van der Waals surface area (Å²) in [6, 6.07) is -2.47. The smallest absolute Gasteiger partial charge is 0.322 e. The van der Waals surface area contributed by atoms with Crippen LogP contribution < -0.4 is 16.1 Å². The molecule has 4 unspecified atom stereocenters. The van der Waals surface area contributed by atoms with Crippen molar-refractivity contribution in [1.29, 1.82) is 0 Å². The van der Waals surface area contributed by atoms with E-state index in [4.69, 9.17) is 5.11 Å². The predicted molar refractivity (Wildman–Crippen MR) is 108 cm³/mol. The van der Waals surface area contributed by atoms with E-state index in [2.05, 4.69) is 16.1 Å². The average Bonchev–Trinajstić information content (AvgIpc) is 2.68. The monoisotopic (exact) mass is 410 g/mol. The molecule has 1 fully saturated rings. The molecule has 9 nitrogen and oxygen atoms in total. The molecule has 0 aromatic rings. The van der Waals surface area contributed by atoms with Gasteiger partial charge in [0.05, 0.1) is 5.92 Å². The highest BCUT2D eigenvalue weighted by Gasteiger charge is 2.32. The Morgan fingerprint density at radius 3 is 2.34 bits per heavy atom. The Kier molecular flexibility index (Phi) is 9.80. The van der Waals surface area contributed by atoms with Crippen LogP contribution in [0.1, 0.15) is 53.9 Å². The van der Waals surface area contributed by atoms with Gasteiger partial charge >= 0.3 is 5.97 Å². The summed E-state index contributed by atoms with van der Waals surface area (Å²) in [6.45, 7) is 9.27. The lowest BCUT2D eigenvalue weighted by Crippen LogP contribution is -2.60. The van der Waals surface area contributed by atoms with Gasteiger partial charge in [-0.25, -0.2) is 5.43 Å². The lowest BCUT2D eigenvalue weighted by molar-refractivity contribution is -0.148. The minimum absolute atomic E-state index is 0.172. The van der Waals surface area contributed by atoms with Gasteiger partial charge in [-0.15, -0.1) is 0 Å². The molecule has 164 valence electrons. The number of hydrogen-bond donors (Lipinski definition) is 4. The molecule has 0 bridgehead atoms. The fourth-order valence-electron chi connectivity index (χ4n) is 3.16. The van der Waals surface area contributed by atoms with Gasteiger partial charge in [-0.1, -0.05) is 32.9 Å². The van der Waals surface area contributed by atoms with Crippen LogP contribution >= 0.6 is 0 Å². The molecule has 1 heterocycles. The molecule has 0 saturated carbocycles. The van der Waals surface area contributed by atoms with Gasteiger partial charge in [0.1, 0.15) is 18.1 Å². The molecule has 1 aliphatic heterocycles. The number of carbonyl (C=O) groups excluding carboxylic acids is 3. The van der Waals surface area contributed by atoms with Gasteiger partial charge < -0.3 is 15.7 Å². The molecule has 1 saturated heterocycles. The van der Waals surface area contributed by atoms with Crippen molar-refractivity contribution in [2.24, 2.45) is 11.8 Å². The van der Waals surface area contributed by atoms with E-state index < -0.39 is 35.9 Å². The number of hydrogen-bond acceptors (Lipinski definition) is 5. The van der Waals surface area contributed by atoms with Crippen molar-refractivity contribution < 1.29 is 24.3 Å². The topological polar surface area (TPSA) is 128 Å². The van der Waals surface area contributed by atoms with E-state index in [1.165, 1.54) is 5.01 Å². The molecular weight excluding hydrogens is 376 g/mol. The summed E-state index contributed by atoms with van der Waals surface area (Å²) in [5.74, 6) is -2.61. The second-order valence-corrected chi connectivity index (χ2v) is 7.65. The normalized spacial score (nSPS) is 20.2. The Balaban J connectivity index is 2.75. The number of rotatable bonds is 9. The lowest BCUT2D eigenvalue weighted by Gasteiger charge is -2.34. The van der Waals surface area contributed by atoms with Crippen molar-refractivity contribution in [2.75, 3.05) is 6.54 Å². The van der Waals surface area contributed by atoms with Crippen LogP contribution in [0.4, 0.5) is 0 Å². The van der Waals surface area contributed by atoms with Gasteiger partial charge in [0.2, 0.25) is 11.8 Å². The highest BCUT2D eigenvalue weighted by Crippen LogP contribution is 2.11. The van der Waals surface area contributed by atoms with Gasteiger partial charge in [0.25, 0.3) is 5.91 Å². The van der Waals surface area contributed by atoms with Crippen LogP contribution in [0.2, 0.25) is 0 Å². The number of carboxylic acid groups (broad SMARTS) is 1. The van der Waals surface area contributed by atoms with E-state index in [0.717, 1.165) is 0 Å². The zero-order chi connectivity index (χ0) is 22.1. The fourth-order valence-corrected chi connectivity index (χ4v) is 3.16. The Labute approximate surface area is 172 Å². The molecule has 0 aliphatic carbocycles. The minimum atomic E-state index is -1.02. The van der Waals surface area contributed by atoms with Gasteiger partial charge in [-0.05, 0) is 39.0 Å². The first-order valence-electron chi connectivity index (χ1n) is 10.2. The van der Waals surface area contributed by atoms with E-state index in [1.807, 2.05) is 27.7 Å². The number of aliphatic carboxylic acids is 1. The highest BCUT2D eigenvalue weighted by atomic mass is 16.4. The first kappa shape index (κ1) is 24.6. The van der Waals surface area contributed by atoms with Gasteiger partial charge in [0, 0.05) is 6.54 Å². The summed E-state index contributed by atoms with van der Waals surface area (Å²) < 4.78 is 0. The summed E-state index contributed by atoms with van der Waals surface area (Å²) >= 11 is 0. The Hall–Kier alpha value is -2.42. The van der Waals surface area contributed by atoms with Crippen LogP contribution in [0.25, 0.3) is 0 Å². The van der Waals surface area contributed by atoms with Crippen LogP contribution in [0, 0.1) is 11.8 Å². The van der Waals surface area contributed by atoms with E-state index >= 15 is 0 Å². The van der Waals surface area contributed by atoms with Crippen LogP contribution in [-0.4, -0.2) is 58.5 Å². The van der Waals surface area contributed by atoms with E-state index in [-0.39, 0.29) is 17.7 Å². The largest absolute Gasteiger partial charge is 0.480 e. The first-order chi connectivity index (χ1) is 13.6. The molecule has 9 heteroatoms. The zero-order valence-corrected chi connectivity index (χ0v) is 17.9. The quantitative estimate of drug-likeness (QED) is 0.417. The number of amides is 3. The summed E-state index contributed by atoms with van der Waals surface area (Å²) in [5.41, 5.74) is 2.68. The molecule has 0 aromatic carbocycles. The molecule has 4 N–H and O–H groups in total. The second-order valence-electron chi connectivity index (χ2n) is 7.65. The molecule has 0 radical (unpaired) electrons. The molecular formula is C20H34N4O5. The van der Waals surface area contributed by atoms with E-state index in [0.29, 0.717) is 25.8 Å². The van der Waals surface area contributed by atoms with Crippen molar-refractivity contribution in [3.63, 3.8) is 0 Å². The molecule has 3 amide bonds. The Bertz CT molecular complexity index is 634. The molecule has 4 atom stereocenters. The van der Waals surface area contributed by atoms with Crippen LogP contribution in [0.15, 0.2) is 12.2 Å². The highest BCUT2D eigenvalue weighted by molar-refractivity contribution is 5.92. The maximum absolute atomic E-state index is 12.7. The zero-order valence-electron chi connectivity index (χ0n) is 17.9. The third-order valence-corrected chi connectivity index (χ3v) is 4.93. The summed E-state index contributed by atoms with van der Waals surface area (Å²) in [7, 11) is 0. The third kappa shape index (κ3) is 7.16. The standard InChI is InChI=1S/C20H34N4O5/c1-6-9-14(7-2)17(25)22-16(12(3)4)18(26)21-13(5)19(27)24-11-8-10-15(23-24)20(28)29/h6,9,12-16,23H,7-8,10-11H2,1-5H3,(H,21,26)(H,22,25)(H,28,29)/b9-6+. The SMILES string of the molecule is C/C=C/C(CC)C(=O)NC(C(=O)NC(C)C(=O)N1CCCC(C(=O)O)N1)C(C)C. The fraction of sp³-hybridized carbons (Fsp3) is 0.700. The van der Waals surface area contributed by atoms with Crippen LogP contribution in [0.5, 0.6) is 0 Å². The number of carboxylic acids is 1. The molecule has 0 spiro atoms. The van der Waals surface area contributed by atoms with Crippen molar-refractivity contribution in [2.45, 2.75) is 72.0 Å². The number of allylic oxidation sites excluding steroid dienone is 1. The summed E-state index contributed by atoms with van der Waals surface area (Å²) in [5, 5.41) is 15.8. The molecule has 1 rings (SSSR count). The number of nitrogens with one attached hydrogen (secondary N) is 3. The second kappa shape index (κ2) is 11.5. The maximum Gasteiger partial charge on any atom is 0.322 e. The van der Waals surface area contributed by atoms with Crippen molar-refractivity contribution in [3.8, 4) is 0 Å². The number of carbonyl (C=O) groups is 4. The van der Waals surface area contributed by atoms with Crippen LogP contribution in [0.3, 0.4) is 0 Å². The van der Waals surface area contributed by atoms with Gasteiger partial charge in [0.15, 0.2) is 0 Å². The van der Waals surface area contributed by atoms with Gasteiger partial charge in [-0.3, -0.25) is 24.2 Å². The van der Waals surface area contributed by atoms with Crippen LogP contribution in [-0.2, 0) is 19.2 Å². The third-order valence-electron chi connectivity index (χ3n) is 4.93. The molecule has 1 aliphatic rings. The Morgan fingerprint density at radius 1 is 1.17 bits per heavy atom. The van der Waals surface area contributed by atoms with E-state index in [9.17, 15) is 19.2 Å². The Morgan fingerprint density at radius 2 is 1.83 bits per heavy atom. The minimum Gasteiger partial charge on any atom is -0.480 e. The van der Waals surface area contributed by atoms with Crippen molar-refractivity contribution in [3.05, 3.63) is 12.2 Å². The molecule has 0 aromatic heterocycles. The molecule has 29 heavy (non-hydrogen) atoms. The predicted octanol–water partition coefficient (Wildman–Crippen LogP) is 0.814. The number of nitrogens with zero attached hydrogens (tertiary/aromatic N) is 1. The summed E-state index contributed by atoms with van der Waals surface area (Å²) in [6.07, 6.45) is 5.20. The van der Waals surface area contributed by atoms with Gasteiger partial charge in [-0.2, -0.15) is 0 Å². The summed E-state index contributed by atoms with van der Waals surface area (Å²) in [4.78, 5) is 49.0. The maximum atomic E-state index is 12.7. The lowest BCUT2D eigenvalue weighted by atomic mass is 9.99. The van der Waals surface area contributed by atoms with E-state index in [1.54, 1.807) is 19.1 Å².